The zero-order valence-electron chi connectivity index (χ0n) is 14.8. The van der Waals surface area contributed by atoms with Crippen molar-refractivity contribution in [3.63, 3.8) is 0 Å². The van der Waals surface area contributed by atoms with Gasteiger partial charge in [0, 0.05) is 18.9 Å². The molecule has 0 atom stereocenters. The number of benzene rings is 2. The van der Waals surface area contributed by atoms with Crippen LogP contribution >= 0.6 is 0 Å². The van der Waals surface area contributed by atoms with E-state index in [9.17, 15) is 18.0 Å². The van der Waals surface area contributed by atoms with Gasteiger partial charge in [-0.2, -0.15) is 0 Å². The molecule has 0 fully saturated rings. The summed E-state index contributed by atoms with van der Waals surface area (Å²) in [6.07, 6.45) is 4.16. The Morgan fingerprint density at radius 2 is 1.64 bits per heavy atom. The minimum atomic E-state index is -1.59. The quantitative estimate of drug-likeness (QED) is 0.476. The van der Waals surface area contributed by atoms with Gasteiger partial charge in [-0.3, -0.25) is 4.79 Å². The number of amides is 1. The number of halogens is 3. The Hall–Kier alpha value is -3.42. The number of carbonyl (C=O) groups excluding carboxylic acids is 1. The molecule has 0 radical (unpaired) electrons. The van der Waals surface area contributed by atoms with Gasteiger partial charge in [0.15, 0.2) is 17.5 Å². The van der Waals surface area contributed by atoms with Gasteiger partial charge in [0.25, 0.3) is 5.91 Å². The third-order valence-corrected chi connectivity index (χ3v) is 3.97. The van der Waals surface area contributed by atoms with Gasteiger partial charge in [0.2, 0.25) is 5.95 Å². The van der Waals surface area contributed by atoms with Crippen molar-refractivity contribution < 1.29 is 18.0 Å². The highest BCUT2D eigenvalue weighted by molar-refractivity contribution is 5.93. The number of nitrogens with zero attached hydrogens (tertiary/aromatic N) is 2. The van der Waals surface area contributed by atoms with E-state index in [1.165, 1.54) is 18.0 Å². The van der Waals surface area contributed by atoms with Crippen molar-refractivity contribution in [3.05, 3.63) is 83.4 Å². The highest BCUT2D eigenvalue weighted by atomic mass is 19.2. The van der Waals surface area contributed by atoms with Crippen LogP contribution in [0.4, 0.5) is 24.8 Å². The molecule has 0 bridgehead atoms. The number of carbonyl (C=O) groups is 1. The SMILES string of the molecule is O=C(NCCCc1ccccc1)c1cnc(Nc2ccc(F)c(F)c2F)nc1. The number of hydrogen-bond donors (Lipinski definition) is 2. The van der Waals surface area contributed by atoms with Crippen LogP contribution in [0.1, 0.15) is 22.3 Å². The van der Waals surface area contributed by atoms with E-state index in [-0.39, 0.29) is 23.1 Å². The van der Waals surface area contributed by atoms with E-state index >= 15 is 0 Å². The van der Waals surface area contributed by atoms with Crippen LogP contribution in [0, 0.1) is 17.5 Å². The van der Waals surface area contributed by atoms with Crippen molar-refractivity contribution in [2.75, 3.05) is 11.9 Å². The first-order chi connectivity index (χ1) is 13.5. The molecule has 1 aromatic heterocycles. The summed E-state index contributed by atoms with van der Waals surface area (Å²) in [4.78, 5) is 19.9. The highest BCUT2D eigenvalue weighted by Gasteiger charge is 2.14. The molecule has 0 saturated heterocycles. The smallest absolute Gasteiger partial charge is 0.254 e. The van der Waals surface area contributed by atoms with E-state index in [0.717, 1.165) is 25.0 Å². The molecule has 0 unspecified atom stereocenters. The van der Waals surface area contributed by atoms with Gasteiger partial charge in [0.05, 0.1) is 11.3 Å². The molecule has 144 valence electrons. The molecule has 0 aliphatic carbocycles. The van der Waals surface area contributed by atoms with E-state index in [4.69, 9.17) is 0 Å². The highest BCUT2D eigenvalue weighted by Crippen LogP contribution is 2.21. The molecule has 2 N–H and O–H groups in total. The van der Waals surface area contributed by atoms with Crippen LogP contribution in [0.25, 0.3) is 0 Å². The number of nitrogens with one attached hydrogen (secondary N) is 2. The monoisotopic (exact) mass is 386 g/mol. The summed E-state index contributed by atoms with van der Waals surface area (Å²) in [5.74, 6) is -4.63. The van der Waals surface area contributed by atoms with E-state index in [1.54, 1.807) is 0 Å². The topological polar surface area (TPSA) is 66.9 Å². The van der Waals surface area contributed by atoms with Crippen molar-refractivity contribution in [1.82, 2.24) is 15.3 Å². The molecule has 0 spiro atoms. The van der Waals surface area contributed by atoms with Gasteiger partial charge >= 0.3 is 0 Å². The first kappa shape index (κ1) is 19.3. The van der Waals surface area contributed by atoms with Crippen LogP contribution in [-0.4, -0.2) is 22.4 Å². The third-order valence-electron chi connectivity index (χ3n) is 3.97. The summed E-state index contributed by atoms with van der Waals surface area (Å²) >= 11 is 0. The standard InChI is InChI=1S/C20H17F3N4O/c21-15-8-9-16(18(23)17(15)22)27-20-25-11-14(12-26-20)19(28)24-10-4-7-13-5-2-1-3-6-13/h1-3,5-6,8-9,11-12H,4,7,10H2,(H,24,28)(H,25,26,27). The third kappa shape index (κ3) is 4.85. The number of anilines is 2. The zero-order valence-corrected chi connectivity index (χ0v) is 14.8. The predicted octanol–water partition coefficient (Wildman–Crippen LogP) is 4.00. The second-order valence-corrected chi connectivity index (χ2v) is 5.99. The molecule has 0 saturated carbocycles. The lowest BCUT2D eigenvalue weighted by Crippen LogP contribution is -2.25. The van der Waals surface area contributed by atoms with Crippen molar-refractivity contribution >= 4 is 17.5 Å². The van der Waals surface area contributed by atoms with Crippen LogP contribution in [0.2, 0.25) is 0 Å². The number of aryl methyl sites for hydroxylation is 1. The van der Waals surface area contributed by atoms with Crippen molar-refractivity contribution in [3.8, 4) is 0 Å². The lowest BCUT2D eigenvalue weighted by atomic mass is 10.1. The van der Waals surface area contributed by atoms with E-state index < -0.39 is 17.5 Å². The van der Waals surface area contributed by atoms with Crippen LogP contribution in [-0.2, 0) is 6.42 Å². The lowest BCUT2D eigenvalue weighted by molar-refractivity contribution is 0.0952. The largest absolute Gasteiger partial charge is 0.352 e. The Balaban J connectivity index is 1.52. The first-order valence-corrected chi connectivity index (χ1v) is 8.59. The summed E-state index contributed by atoms with van der Waals surface area (Å²) in [6.45, 7) is 0.494. The Labute approximate surface area is 159 Å². The minimum absolute atomic E-state index is 0.0504. The molecule has 2 aromatic carbocycles. The molecule has 0 aliphatic rings. The predicted molar refractivity (Wildman–Crippen MR) is 98.7 cm³/mol. The molecule has 3 aromatic rings. The number of hydrogen-bond acceptors (Lipinski definition) is 4. The minimum Gasteiger partial charge on any atom is -0.352 e. The summed E-state index contributed by atoms with van der Waals surface area (Å²) in [6, 6.07) is 11.8. The molecular formula is C20H17F3N4O. The molecule has 1 amide bonds. The van der Waals surface area contributed by atoms with Crippen LogP contribution in [0.5, 0.6) is 0 Å². The summed E-state index contributed by atoms with van der Waals surface area (Å²) in [7, 11) is 0. The fourth-order valence-corrected chi connectivity index (χ4v) is 2.49. The van der Waals surface area contributed by atoms with Crippen LogP contribution in [0.3, 0.4) is 0 Å². The average molecular weight is 386 g/mol. The van der Waals surface area contributed by atoms with Gasteiger partial charge in [-0.15, -0.1) is 0 Å². The lowest BCUT2D eigenvalue weighted by Gasteiger charge is -2.08. The molecule has 1 heterocycles. The number of aromatic nitrogens is 2. The summed E-state index contributed by atoms with van der Waals surface area (Å²) in [5.41, 5.74) is 1.12. The maximum atomic E-state index is 13.7. The van der Waals surface area contributed by atoms with Gasteiger partial charge in [-0.05, 0) is 30.5 Å². The zero-order chi connectivity index (χ0) is 19.9. The van der Waals surface area contributed by atoms with E-state index in [1.807, 2.05) is 30.3 Å². The first-order valence-electron chi connectivity index (χ1n) is 8.59. The second kappa shape index (κ2) is 8.98. The normalized spacial score (nSPS) is 10.5. The van der Waals surface area contributed by atoms with Crippen LogP contribution < -0.4 is 10.6 Å². The van der Waals surface area contributed by atoms with Crippen LogP contribution in [0.15, 0.2) is 54.9 Å². The number of rotatable bonds is 7. The molecular weight excluding hydrogens is 369 g/mol. The van der Waals surface area contributed by atoms with Gasteiger partial charge < -0.3 is 10.6 Å². The van der Waals surface area contributed by atoms with Gasteiger partial charge in [-0.1, -0.05) is 30.3 Å². The maximum absolute atomic E-state index is 13.7. The van der Waals surface area contributed by atoms with Crippen molar-refractivity contribution in [1.29, 1.82) is 0 Å². The Bertz CT molecular complexity index is 950. The van der Waals surface area contributed by atoms with Crippen molar-refractivity contribution in [2.45, 2.75) is 12.8 Å². The molecule has 5 nitrogen and oxygen atoms in total. The average Bonchev–Trinajstić information content (AvgIpc) is 2.73. The summed E-state index contributed by atoms with van der Waals surface area (Å²) < 4.78 is 39.8. The molecule has 0 aliphatic heterocycles. The van der Waals surface area contributed by atoms with Gasteiger partial charge in [-0.25, -0.2) is 23.1 Å². The Morgan fingerprint density at radius 1 is 0.929 bits per heavy atom. The van der Waals surface area contributed by atoms with E-state index in [0.29, 0.717) is 6.54 Å². The fourth-order valence-electron chi connectivity index (χ4n) is 2.49. The Kier molecular flexibility index (Phi) is 6.21. The van der Waals surface area contributed by atoms with E-state index in [2.05, 4.69) is 20.6 Å². The molecule has 3 rings (SSSR count). The fraction of sp³-hybridized carbons (Fsp3) is 0.150. The maximum Gasteiger partial charge on any atom is 0.254 e. The van der Waals surface area contributed by atoms with Crippen molar-refractivity contribution in [2.24, 2.45) is 0 Å². The molecule has 28 heavy (non-hydrogen) atoms. The Morgan fingerprint density at radius 3 is 2.36 bits per heavy atom. The summed E-state index contributed by atoms with van der Waals surface area (Å²) in [5, 5.41) is 5.21. The van der Waals surface area contributed by atoms with Gasteiger partial charge in [0.1, 0.15) is 0 Å². The molecule has 8 heteroatoms. The second-order valence-electron chi connectivity index (χ2n) is 5.99.